The zero-order valence-corrected chi connectivity index (χ0v) is 7.40. The number of benzene rings is 1. The van der Waals surface area contributed by atoms with Crippen molar-refractivity contribution in [3.63, 3.8) is 0 Å². The third-order valence-corrected chi connectivity index (χ3v) is 1.84. The quantitative estimate of drug-likeness (QED) is 0.590. The Morgan fingerprint density at radius 2 is 1.92 bits per heavy atom. The number of rotatable bonds is 3. The van der Waals surface area contributed by atoms with Crippen LogP contribution in [0.2, 0.25) is 0 Å². The van der Waals surface area contributed by atoms with Crippen LogP contribution in [0.1, 0.15) is 18.4 Å². The van der Waals surface area contributed by atoms with E-state index in [1.165, 1.54) is 5.56 Å². The molecule has 0 nitrogen and oxygen atoms in total. The number of hydrogen-bond acceptors (Lipinski definition) is 0. The molecule has 1 atom stereocenters. The highest BCUT2D eigenvalue weighted by atomic mass is 14.0. The largest absolute Gasteiger partial charge is 0.102 e. The van der Waals surface area contributed by atoms with Gasteiger partial charge >= 0.3 is 0 Å². The summed E-state index contributed by atoms with van der Waals surface area (Å²) in [6.45, 7) is 5.83. The van der Waals surface area contributed by atoms with Crippen LogP contribution >= 0.6 is 0 Å². The van der Waals surface area contributed by atoms with Crippen LogP contribution in [0.4, 0.5) is 0 Å². The first-order valence-electron chi connectivity index (χ1n) is 4.18. The highest BCUT2D eigenvalue weighted by Gasteiger charge is 1.99. The Morgan fingerprint density at radius 1 is 1.25 bits per heavy atom. The van der Waals surface area contributed by atoms with Crippen LogP contribution in [-0.4, -0.2) is 0 Å². The number of allylic oxidation sites excluding steroid dienone is 3. The van der Waals surface area contributed by atoms with Gasteiger partial charge in [0, 0.05) is 5.92 Å². The Morgan fingerprint density at radius 3 is 2.42 bits per heavy atom. The maximum absolute atomic E-state index is 3.80. The van der Waals surface area contributed by atoms with Gasteiger partial charge in [-0.2, -0.15) is 0 Å². The Balaban J connectivity index is 2.87. The molecule has 0 N–H and O–H groups in total. The third kappa shape index (κ3) is 2.09. The lowest BCUT2D eigenvalue weighted by molar-refractivity contribution is 1.08. The summed E-state index contributed by atoms with van der Waals surface area (Å²) < 4.78 is 0. The van der Waals surface area contributed by atoms with Gasteiger partial charge in [-0.15, -0.1) is 6.58 Å². The van der Waals surface area contributed by atoms with E-state index in [2.05, 4.69) is 43.0 Å². The van der Waals surface area contributed by atoms with Crippen LogP contribution in [0.15, 0.2) is 55.1 Å². The van der Waals surface area contributed by atoms with Crippen LogP contribution in [0.5, 0.6) is 0 Å². The average molecular weight is 158 g/mol. The summed E-state index contributed by atoms with van der Waals surface area (Å²) in [5, 5.41) is 0. The fraction of sp³-hybridized carbons (Fsp3) is 0.167. The molecule has 1 aromatic rings. The van der Waals surface area contributed by atoms with Gasteiger partial charge in [-0.05, 0) is 12.5 Å². The van der Waals surface area contributed by atoms with E-state index in [4.69, 9.17) is 0 Å². The van der Waals surface area contributed by atoms with Crippen LogP contribution in [0.3, 0.4) is 0 Å². The number of hydrogen-bond donors (Lipinski definition) is 0. The molecule has 0 aliphatic carbocycles. The monoisotopic (exact) mass is 158 g/mol. The molecule has 0 amide bonds. The normalized spacial score (nSPS) is 13.1. The molecular weight excluding hydrogens is 144 g/mol. The van der Waals surface area contributed by atoms with Crippen molar-refractivity contribution in [3.05, 3.63) is 60.7 Å². The highest BCUT2D eigenvalue weighted by Crippen LogP contribution is 2.17. The molecule has 0 bridgehead atoms. The highest BCUT2D eigenvalue weighted by molar-refractivity contribution is 5.27. The van der Waals surface area contributed by atoms with E-state index in [-0.39, 0.29) is 0 Å². The lowest BCUT2D eigenvalue weighted by Gasteiger charge is -2.06. The van der Waals surface area contributed by atoms with E-state index >= 15 is 0 Å². The predicted octanol–water partition coefficient (Wildman–Crippen LogP) is 3.53. The van der Waals surface area contributed by atoms with Crippen molar-refractivity contribution < 1.29 is 0 Å². The molecule has 0 heteroatoms. The molecule has 1 unspecified atom stereocenters. The third-order valence-electron chi connectivity index (χ3n) is 1.84. The Kier molecular flexibility index (Phi) is 3.34. The minimum absolute atomic E-state index is 0.358. The lowest BCUT2D eigenvalue weighted by Crippen LogP contribution is -1.88. The van der Waals surface area contributed by atoms with Crippen LogP contribution in [-0.2, 0) is 0 Å². The summed E-state index contributed by atoms with van der Waals surface area (Å²) in [5.41, 5.74) is 1.30. The molecule has 0 aliphatic heterocycles. The van der Waals surface area contributed by atoms with Gasteiger partial charge in [0.2, 0.25) is 0 Å². The fourth-order valence-electron chi connectivity index (χ4n) is 1.21. The molecule has 0 aromatic heterocycles. The van der Waals surface area contributed by atoms with Crippen molar-refractivity contribution >= 4 is 0 Å². The van der Waals surface area contributed by atoms with Crippen LogP contribution in [0.25, 0.3) is 0 Å². The van der Waals surface area contributed by atoms with Gasteiger partial charge in [-0.1, -0.05) is 48.6 Å². The predicted molar refractivity (Wildman–Crippen MR) is 54.2 cm³/mol. The van der Waals surface area contributed by atoms with Crippen molar-refractivity contribution in [1.29, 1.82) is 0 Å². The zero-order valence-electron chi connectivity index (χ0n) is 7.40. The standard InChI is InChI=1S/C12H14/c1-3-8-11(4-2)12-9-6-5-7-10-12/h3-11H,2H2,1H3/b8-3-. The Labute approximate surface area is 74.2 Å². The minimum atomic E-state index is 0.358. The molecule has 1 rings (SSSR count). The second kappa shape index (κ2) is 4.55. The van der Waals surface area contributed by atoms with Crippen molar-refractivity contribution in [3.8, 4) is 0 Å². The summed E-state index contributed by atoms with van der Waals surface area (Å²) in [4.78, 5) is 0. The molecule has 12 heavy (non-hydrogen) atoms. The van der Waals surface area contributed by atoms with Crippen molar-refractivity contribution in [2.45, 2.75) is 12.8 Å². The van der Waals surface area contributed by atoms with Crippen molar-refractivity contribution in [2.24, 2.45) is 0 Å². The van der Waals surface area contributed by atoms with Gasteiger partial charge in [0.05, 0.1) is 0 Å². The van der Waals surface area contributed by atoms with Crippen LogP contribution < -0.4 is 0 Å². The molecule has 0 aliphatic rings. The second-order valence-electron chi connectivity index (χ2n) is 2.70. The summed E-state index contributed by atoms with van der Waals surface area (Å²) in [7, 11) is 0. The van der Waals surface area contributed by atoms with E-state index in [1.807, 2.05) is 19.1 Å². The van der Waals surface area contributed by atoms with Gasteiger partial charge in [0.25, 0.3) is 0 Å². The SMILES string of the molecule is C=CC(/C=C\C)c1ccccc1. The molecule has 62 valence electrons. The smallest absolute Gasteiger partial charge is 0.0196 e. The molecule has 1 aromatic carbocycles. The lowest BCUT2D eigenvalue weighted by atomic mass is 9.99. The van der Waals surface area contributed by atoms with Gasteiger partial charge in [-0.25, -0.2) is 0 Å². The van der Waals surface area contributed by atoms with E-state index in [1.54, 1.807) is 0 Å². The molecule has 0 saturated carbocycles. The molecular formula is C12H14. The zero-order chi connectivity index (χ0) is 8.81. The van der Waals surface area contributed by atoms with Gasteiger partial charge < -0.3 is 0 Å². The van der Waals surface area contributed by atoms with E-state index < -0.39 is 0 Å². The maximum Gasteiger partial charge on any atom is 0.0196 e. The minimum Gasteiger partial charge on any atom is -0.102 e. The Bertz CT molecular complexity index is 257. The summed E-state index contributed by atoms with van der Waals surface area (Å²) in [6, 6.07) is 10.4. The van der Waals surface area contributed by atoms with Crippen molar-refractivity contribution in [2.75, 3.05) is 0 Å². The van der Waals surface area contributed by atoms with Crippen LogP contribution in [0, 0.1) is 0 Å². The second-order valence-corrected chi connectivity index (χ2v) is 2.70. The van der Waals surface area contributed by atoms with Crippen molar-refractivity contribution in [1.82, 2.24) is 0 Å². The van der Waals surface area contributed by atoms with Gasteiger partial charge in [0.1, 0.15) is 0 Å². The molecule has 0 saturated heterocycles. The molecule has 0 fully saturated rings. The van der Waals surface area contributed by atoms with Gasteiger partial charge in [0.15, 0.2) is 0 Å². The summed E-state index contributed by atoms with van der Waals surface area (Å²) >= 11 is 0. The van der Waals surface area contributed by atoms with E-state index in [9.17, 15) is 0 Å². The first-order valence-corrected chi connectivity index (χ1v) is 4.18. The summed E-state index contributed by atoms with van der Waals surface area (Å²) in [5.74, 6) is 0.358. The van der Waals surface area contributed by atoms with E-state index in [0.29, 0.717) is 5.92 Å². The summed E-state index contributed by atoms with van der Waals surface area (Å²) in [6.07, 6.45) is 6.15. The maximum atomic E-state index is 3.80. The van der Waals surface area contributed by atoms with E-state index in [0.717, 1.165) is 0 Å². The molecule has 0 heterocycles. The first-order chi connectivity index (χ1) is 5.88. The first kappa shape index (κ1) is 8.79. The van der Waals surface area contributed by atoms with Gasteiger partial charge in [-0.3, -0.25) is 0 Å². The Hall–Kier alpha value is -1.30. The molecule has 0 spiro atoms. The average Bonchev–Trinajstić information content (AvgIpc) is 2.15. The molecule has 0 radical (unpaired) electrons. The fourth-order valence-corrected chi connectivity index (χ4v) is 1.21. The topological polar surface area (TPSA) is 0 Å².